The number of halogens is 1. The van der Waals surface area contributed by atoms with Crippen LogP contribution in [0.1, 0.15) is 23.2 Å². The van der Waals surface area contributed by atoms with Gasteiger partial charge in [-0.3, -0.25) is 4.79 Å². The summed E-state index contributed by atoms with van der Waals surface area (Å²) in [6.45, 7) is 0.507. The topological polar surface area (TPSA) is 75.6 Å². The van der Waals surface area contributed by atoms with E-state index in [1.807, 2.05) is 0 Å². The number of carboxylic acid groups (broad SMARTS) is 1. The lowest BCUT2D eigenvalue weighted by molar-refractivity contribution is -0.124. The number of carboxylic acids is 1. The molecule has 1 amide bonds. The van der Waals surface area contributed by atoms with Crippen molar-refractivity contribution in [3.8, 4) is 0 Å². The number of nitrogens with one attached hydrogen (secondary N) is 1. The Labute approximate surface area is 103 Å². The van der Waals surface area contributed by atoms with E-state index in [4.69, 9.17) is 9.84 Å². The normalized spacial score (nSPS) is 18.6. The van der Waals surface area contributed by atoms with Gasteiger partial charge in [0.2, 0.25) is 0 Å². The third-order valence-electron chi connectivity index (χ3n) is 2.71. The second-order valence-corrected chi connectivity index (χ2v) is 3.96. The van der Waals surface area contributed by atoms with Crippen LogP contribution in [0.5, 0.6) is 0 Å². The molecule has 0 radical (unpaired) electrons. The lowest BCUT2D eigenvalue weighted by Gasteiger charge is -2.12. The van der Waals surface area contributed by atoms with E-state index in [9.17, 15) is 14.0 Å². The van der Waals surface area contributed by atoms with Crippen LogP contribution in [-0.2, 0) is 9.53 Å². The molecule has 1 saturated heterocycles. The van der Waals surface area contributed by atoms with E-state index < -0.39 is 29.4 Å². The maximum atomic E-state index is 13.4. The van der Waals surface area contributed by atoms with Gasteiger partial charge in [0.05, 0.1) is 5.69 Å². The van der Waals surface area contributed by atoms with Gasteiger partial charge in [-0.15, -0.1) is 0 Å². The largest absolute Gasteiger partial charge is 0.478 e. The lowest BCUT2D eigenvalue weighted by atomic mass is 10.1. The van der Waals surface area contributed by atoms with Crippen LogP contribution in [0.3, 0.4) is 0 Å². The number of amides is 1. The van der Waals surface area contributed by atoms with Crippen molar-refractivity contribution < 1.29 is 23.8 Å². The quantitative estimate of drug-likeness (QED) is 0.858. The van der Waals surface area contributed by atoms with Gasteiger partial charge >= 0.3 is 5.97 Å². The highest BCUT2D eigenvalue weighted by Gasteiger charge is 2.25. The van der Waals surface area contributed by atoms with Crippen LogP contribution < -0.4 is 5.32 Å². The van der Waals surface area contributed by atoms with Crippen molar-refractivity contribution in [3.05, 3.63) is 29.6 Å². The number of ether oxygens (including phenoxy) is 1. The fourth-order valence-electron chi connectivity index (χ4n) is 1.84. The summed E-state index contributed by atoms with van der Waals surface area (Å²) in [6.07, 6.45) is 0.784. The summed E-state index contributed by atoms with van der Waals surface area (Å²) in [5, 5.41) is 11.3. The summed E-state index contributed by atoms with van der Waals surface area (Å²) < 4.78 is 18.5. The van der Waals surface area contributed by atoms with Crippen LogP contribution in [0.4, 0.5) is 10.1 Å². The van der Waals surface area contributed by atoms with E-state index in [0.717, 1.165) is 12.5 Å². The van der Waals surface area contributed by atoms with Gasteiger partial charge in [-0.1, -0.05) is 6.07 Å². The molecule has 1 atom stereocenters. The molecule has 0 saturated carbocycles. The molecule has 0 spiro atoms. The molecular formula is C12H12FNO4. The Kier molecular flexibility index (Phi) is 3.57. The standard InChI is InChI=1S/C12H12FNO4/c13-7-3-1-4-8(10(7)12(16)17)14-11(15)9-5-2-6-18-9/h1,3-4,9H,2,5-6H2,(H,14,15)(H,16,17). The van der Waals surface area contributed by atoms with Gasteiger partial charge in [-0.2, -0.15) is 0 Å². The Morgan fingerprint density at radius 1 is 1.44 bits per heavy atom. The highest BCUT2D eigenvalue weighted by molar-refractivity contribution is 6.02. The number of anilines is 1. The fraction of sp³-hybridized carbons (Fsp3) is 0.333. The first-order chi connectivity index (χ1) is 8.59. The lowest BCUT2D eigenvalue weighted by Crippen LogP contribution is -2.27. The van der Waals surface area contributed by atoms with Crippen molar-refractivity contribution >= 4 is 17.6 Å². The van der Waals surface area contributed by atoms with Crippen LogP contribution in [0.15, 0.2) is 18.2 Å². The Balaban J connectivity index is 2.20. The molecule has 6 heteroatoms. The van der Waals surface area contributed by atoms with Crippen molar-refractivity contribution in [2.24, 2.45) is 0 Å². The van der Waals surface area contributed by atoms with Gasteiger partial charge in [0.15, 0.2) is 0 Å². The molecule has 0 aliphatic carbocycles. The minimum absolute atomic E-state index is 0.0528. The molecule has 1 aromatic rings. The number of carbonyl (C=O) groups is 2. The average molecular weight is 253 g/mol. The summed E-state index contributed by atoms with van der Waals surface area (Å²) in [7, 11) is 0. The third-order valence-corrected chi connectivity index (χ3v) is 2.71. The van der Waals surface area contributed by atoms with Gasteiger partial charge in [0, 0.05) is 6.61 Å². The van der Waals surface area contributed by atoms with Crippen LogP contribution in [0, 0.1) is 5.82 Å². The second kappa shape index (κ2) is 5.14. The van der Waals surface area contributed by atoms with E-state index in [0.29, 0.717) is 13.0 Å². The zero-order valence-corrected chi connectivity index (χ0v) is 9.48. The summed E-state index contributed by atoms with van der Waals surface area (Å²) >= 11 is 0. The van der Waals surface area contributed by atoms with Gasteiger partial charge < -0.3 is 15.2 Å². The number of hydrogen-bond acceptors (Lipinski definition) is 3. The van der Waals surface area contributed by atoms with E-state index in [1.54, 1.807) is 0 Å². The molecule has 18 heavy (non-hydrogen) atoms. The predicted octanol–water partition coefficient (Wildman–Crippen LogP) is 1.64. The smallest absolute Gasteiger partial charge is 0.340 e. The van der Waals surface area contributed by atoms with Crippen molar-refractivity contribution in [1.29, 1.82) is 0 Å². The molecule has 0 bridgehead atoms. The highest BCUT2D eigenvalue weighted by atomic mass is 19.1. The Hall–Kier alpha value is -1.95. The molecule has 2 N–H and O–H groups in total. The molecule has 1 aromatic carbocycles. The minimum atomic E-state index is -1.42. The average Bonchev–Trinajstić information content (AvgIpc) is 2.81. The first-order valence-electron chi connectivity index (χ1n) is 5.54. The van der Waals surface area contributed by atoms with Crippen LogP contribution in [0.2, 0.25) is 0 Å². The molecule has 1 aliphatic rings. The molecule has 5 nitrogen and oxygen atoms in total. The highest BCUT2D eigenvalue weighted by Crippen LogP contribution is 2.21. The molecule has 0 aromatic heterocycles. The second-order valence-electron chi connectivity index (χ2n) is 3.96. The fourth-order valence-corrected chi connectivity index (χ4v) is 1.84. The summed E-state index contributed by atoms with van der Waals surface area (Å²) in [6, 6.07) is 3.72. The molecule has 1 heterocycles. The molecule has 1 aliphatic heterocycles. The van der Waals surface area contributed by atoms with Crippen molar-refractivity contribution in [2.45, 2.75) is 18.9 Å². The molecular weight excluding hydrogens is 241 g/mol. The van der Waals surface area contributed by atoms with Crippen LogP contribution in [0.25, 0.3) is 0 Å². The van der Waals surface area contributed by atoms with Crippen molar-refractivity contribution in [2.75, 3.05) is 11.9 Å². The number of hydrogen-bond donors (Lipinski definition) is 2. The number of aromatic carboxylic acids is 1. The van der Waals surface area contributed by atoms with E-state index >= 15 is 0 Å². The monoisotopic (exact) mass is 253 g/mol. The SMILES string of the molecule is O=C(O)c1c(F)cccc1NC(=O)C1CCCO1. The maximum Gasteiger partial charge on any atom is 0.340 e. The molecule has 1 unspecified atom stereocenters. The summed E-state index contributed by atoms with van der Waals surface area (Å²) in [4.78, 5) is 22.7. The van der Waals surface area contributed by atoms with E-state index in [2.05, 4.69) is 5.32 Å². The van der Waals surface area contributed by atoms with Gasteiger partial charge in [-0.25, -0.2) is 9.18 Å². The number of carbonyl (C=O) groups excluding carboxylic acids is 1. The van der Waals surface area contributed by atoms with Gasteiger partial charge in [0.1, 0.15) is 17.5 Å². The first-order valence-corrected chi connectivity index (χ1v) is 5.54. The molecule has 2 rings (SSSR count). The number of rotatable bonds is 3. The molecule has 1 fully saturated rings. The Morgan fingerprint density at radius 3 is 2.83 bits per heavy atom. The Bertz CT molecular complexity index is 483. The van der Waals surface area contributed by atoms with Crippen molar-refractivity contribution in [1.82, 2.24) is 0 Å². The van der Waals surface area contributed by atoms with Crippen molar-refractivity contribution in [3.63, 3.8) is 0 Å². The van der Waals surface area contributed by atoms with Gasteiger partial charge in [-0.05, 0) is 25.0 Å². The summed E-state index contributed by atoms with van der Waals surface area (Å²) in [5.74, 6) is -2.75. The van der Waals surface area contributed by atoms with Crippen LogP contribution in [-0.4, -0.2) is 29.7 Å². The third kappa shape index (κ3) is 2.48. The van der Waals surface area contributed by atoms with E-state index in [1.165, 1.54) is 12.1 Å². The Morgan fingerprint density at radius 2 is 2.22 bits per heavy atom. The van der Waals surface area contributed by atoms with E-state index in [-0.39, 0.29) is 5.69 Å². The van der Waals surface area contributed by atoms with Gasteiger partial charge in [0.25, 0.3) is 5.91 Å². The minimum Gasteiger partial charge on any atom is -0.478 e. The molecule has 96 valence electrons. The maximum absolute atomic E-state index is 13.4. The predicted molar refractivity (Wildman–Crippen MR) is 61.0 cm³/mol. The number of benzene rings is 1. The summed E-state index contributed by atoms with van der Waals surface area (Å²) in [5.41, 5.74) is -0.591. The first kappa shape index (κ1) is 12.5. The zero-order valence-electron chi connectivity index (χ0n) is 9.48. The zero-order chi connectivity index (χ0) is 13.1. The van der Waals surface area contributed by atoms with Crippen LogP contribution >= 0.6 is 0 Å².